The lowest BCUT2D eigenvalue weighted by Gasteiger charge is -2.17. The Kier molecular flexibility index (Phi) is 5.11. The fourth-order valence-electron chi connectivity index (χ4n) is 1.78. The molecular weight excluding hydrogens is 228 g/mol. The summed E-state index contributed by atoms with van der Waals surface area (Å²) < 4.78 is 5.46. The molecule has 4 nitrogen and oxygen atoms in total. The van der Waals surface area contributed by atoms with E-state index < -0.39 is 6.10 Å². The maximum atomic E-state index is 9.78. The Balaban J connectivity index is 1.60. The lowest BCUT2D eigenvalue weighted by Crippen LogP contribution is -2.32. The van der Waals surface area contributed by atoms with Gasteiger partial charge in [-0.15, -0.1) is 0 Å². The van der Waals surface area contributed by atoms with Gasteiger partial charge >= 0.3 is 0 Å². The van der Waals surface area contributed by atoms with Crippen LogP contribution in [0.5, 0.6) is 0 Å². The largest absolute Gasteiger partial charge is 0.389 e. The molecule has 1 heterocycles. The van der Waals surface area contributed by atoms with Gasteiger partial charge in [0.05, 0.1) is 12.7 Å². The van der Waals surface area contributed by atoms with Gasteiger partial charge in [0.2, 0.25) is 0 Å². The van der Waals surface area contributed by atoms with Crippen LogP contribution in [0.2, 0.25) is 0 Å². The van der Waals surface area contributed by atoms with Gasteiger partial charge in [-0.2, -0.15) is 0 Å². The van der Waals surface area contributed by atoms with Crippen LogP contribution >= 0.6 is 0 Å². The van der Waals surface area contributed by atoms with Crippen LogP contribution in [-0.4, -0.2) is 36.0 Å². The highest BCUT2D eigenvalue weighted by atomic mass is 16.5. The highest BCUT2D eigenvalue weighted by molar-refractivity contribution is 5.12. The Hall–Kier alpha value is -0.970. The Bertz CT molecular complexity index is 341. The minimum Gasteiger partial charge on any atom is -0.389 e. The van der Waals surface area contributed by atoms with E-state index >= 15 is 0 Å². The number of aromatic nitrogens is 1. The van der Waals surface area contributed by atoms with Gasteiger partial charge < -0.3 is 15.2 Å². The van der Waals surface area contributed by atoms with Crippen molar-refractivity contribution in [1.29, 1.82) is 0 Å². The van der Waals surface area contributed by atoms with Crippen molar-refractivity contribution in [3.8, 4) is 0 Å². The molecule has 1 aromatic rings. The summed E-state index contributed by atoms with van der Waals surface area (Å²) in [6, 6.07) is 4.14. The number of hydrogen-bond donors (Lipinski definition) is 2. The first-order chi connectivity index (χ1) is 8.75. The van der Waals surface area contributed by atoms with Crippen LogP contribution in [0.15, 0.2) is 24.5 Å². The molecule has 1 aliphatic rings. The molecule has 1 aromatic heterocycles. The maximum Gasteiger partial charge on any atom is 0.0897 e. The van der Waals surface area contributed by atoms with Gasteiger partial charge in [0.15, 0.2) is 0 Å². The zero-order chi connectivity index (χ0) is 12.8. The molecule has 0 aromatic carbocycles. The van der Waals surface area contributed by atoms with Crippen LogP contribution in [0.4, 0.5) is 0 Å². The summed E-state index contributed by atoms with van der Waals surface area (Å²) in [5.41, 5.74) is 1.13. The molecule has 1 saturated carbocycles. The van der Waals surface area contributed by atoms with E-state index in [1.54, 1.807) is 6.20 Å². The molecule has 2 rings (SSSR count). The molecule has 0 spiro atoms. The highest BCUT2D eigenvalue weighted by Crippen LogP contribution is 2.28. The van der Waals surface area contributed by atoms with Crippen molar-refractivity contribution in [2.45, 2.75) is 31.9 Å². The summed E-state index contributed by atoms with van der Waals surface area (Å²) in [5.74, 6) is 0.750. The van der Waals surface area contributed by atoms with E-state index in [-0.39, 0.29) is 6.04 Å². The molecule has 0 saturated heterocycles. The van der Waals surface area contributed by atoms with Crippen molar-refractivity contribution < 1.29 is 9.84 Å². The van der Waals surface area contributed by atoms with Gasteiger partial charge in [-0.1, -0.05) is 6.07 Å². The van der Waals surface area contributed by atoms with Crippen LogP contribution in [0.1, 0.15) is 31.4 Å². The summed E-state index contributed by atoms with van der Waals surface area (Å²) in [6.45, 7) is 3.83. The molecule has 0 bridgehead atoms. The number of pyridine rings is 1. The summed E-state index contributed by atoms with van der Waals surface area (Å²) in [6.07, 6.45) is 5.73. The van der Waals surface area contributed by atoms with Gasteiger partial charge in [-0.05, 0) is 37.3 Å². The number of aliphatic hydroxyl groups excluding tert-OH is 1. The third-order valence-corrected chi connectivity index (χ3v) is 3.20. The minimum absolute atomic E-state index is 0.191. The van der Waals surface area contributed by atoms with Crippen molar-refractivity contribution in [2.24, 2.45) is 5.92 Å². The molecule has 2 N–H and O–H groups in total. The normalized spacial score (nSPS) is 18.6. The summed E-state index contributed by atoms with van der Waals surface area (Å²) in [5, 5.41) is 13.1. The third kappa shape index (κ3) is 4.72. The van der Waals surface area contributed by atoms with Crippen LogP contribution in [0.25, 0.3) is 0 Å². The average Bonchev–Trinajstić information content (AvgIpc) is 3.21. The van der Waals surface area contributed by atoms with Crippen LogP contribution in [0, 0.1) is 5.92 Å². The predicted octanol–water partition coefficient (Wildman–Crippen LogP) is 1.52. The van der Waals surface area contributed by atoms with Crippen molar-refractivity contribution in [1.82, 2.24) is 10.3 Å². The van der Waals surface area contributed by atoms with Crippen LogP contribution < -0.4 is 5.32 Å². The number of nitrogens with one attached hydrogen (secondary N) is 1. The number of rotatable bonds is 8. The fourth-order valence-corrected chi connectivity index (χ4v) is 1.78. The van der Waals surface area contributed by atoms with E-state index in [2.05, 4.69) is 17.2 Å². The molecule has 0 aliphatic heterocycles. The van der Waals surface area contributed by atoms with Crippen molar-refractivity contribution in [3.63, 3.8) is 0 Å². The van der Waals surface area contributed by atoms with Gasteiger partial charge in [0.1, 0.15) is 0 Å². The van der Waals surface area contributed by atoms with Gasteiger partial charge in [-0.25, -0.2) is 0 Å². The molecular formula is C14H22N2O2. The molecule has 0 amide bonds. The van der Waals surface area contributed by atoms with E-state index in [1.165, 1.54) is 12.8 Å². The third-order valence-electron chi connectivity index (χ3n) is 3.20. The zero-order valence-corrected chi connectivity index (χ0v) is 10.9. The number of aliphatic hydroxyl groups is 1. The quantitative estimate of drug-likeness (QED) is 0.734. The lowest BCUT2D eigenvalue weighted by atomic mass is 10.1. The molecule has 100 valence electrons. The smallest absolute Gasteiger partial charge is 0.0897 e. The molecule has 0 radical (unpaired) electrons. The SMILES string of the molecule is C[C@@H](NCC(O)COCC1CC1)c1cccnc1. The maximum absolute atomic E-state index is 9.78. The van der Waals surface area contributed by atoms with Crippen molar-refractivity contribution >= 4 is 0 Å². The van der Waals surface area contributed by atoms with Gasteiger partial charge in [0.25, 0.3) is 0 Å². The van der Waals surface area contributed by atoms with E-state index in [0.29, 0.717) is 13.2 Å². The summed E-state index contributed by atoms with van der Waals surface area (Å²) >= 11 is 0. The zero-order valence-electron chi connectivity index (χ0n) is 10.9. The van der Waals surface area contributed by atoms with Gasteiger partial charge in [-0.3, -0.25) is 4.98 Å². The van der Waals surface area contributed by atoms with E-state index in [9.17, 15) is 5.11 Å². The Morgan fingerprint density at radius 2 is 2.39 bits per heavy atom. The Labute approximate surface area is 108 Å². The minimum atomic E-state index is -0.442. The summed E-state index contributed by atoms with van der Waals surface area (Å²) in [4.78, 5) is 4.08. The second-order valence-corrected chi connectivity index (χ2v) is 5.05. The molecule has 1 aliphatic carbocycles. The van der Waals surface area contributed by atoms with E-state index in [0.717, 1.165) is 18.1 Å². The topological polar surface area (TPSA) is 54.4 Å². The molecule has 1 fully saturated rings. The van der Waals surface area contributed by atoms with Crippen LogP contribution in [0.3, 0.4) is 0 Å². The molecule has 4 heteroatoms. The standard InChI is InChI=1S/C14H22N2O2/c1-11(13-3-2-6-15-7-13)16-8-14(17)10-18-9-12-4-5-12/h2-3,6-7,11-12,14,16-17H,4-5,8-10H2,1H3/t11-,14?/m1/s1. The first-order valence-electron chi connectivity index (χ1n) is 6.65. The monoisotopic (exact) mass is 250 g/mol. The van der Waals surface area contributed by atoms with Crippen molar-refractivity contribution in [2.75, 3.05) is 19.8 Å². The second-order valence-electron chi connectivity index (χ2n) is 5.05. The first-order valence-corrected chi connectivity index (χ1v) is 6.65. The number of nitrogens with zero attached hydrogens (tertiary/aromatic N) is 1. The first kappa shape index (κ1) is 13.5. The fraction of sp³-hybridized carbons (Fsp3) is 0.643. The Morgan fingerprint density at radius 1 is 1.56 bits per heavy atom. The van der Waals surface area contributed by atoms with E-state index in [1.807, 2.05) is 18.3 Å². The second kappa shape index (κ2) is 6.83. The van der Waals surface area contributed by atoms with Gasteiger partial charge in [0, 0.05) is 31.6 Å². The highest BCUT2D eigenvalue weighted by Gasteiger charge is 2.21. The predicted molar refractivity (Wildman–Crippen MR) is 70.2 cm³/mol. The van der Waals surface area contributed by atoms with Crippen molar-refractivity contribution in [3.05, 3.63) is 30.1 Å². The van der Waals surface area contributed by atoms with E-state index in [4.69, 9.17) is 4.74 Å². The molecule has 2 atom stereocenters. The lowest BCUT2D eigenvalue weighted by molar-refractivity contribution is 0.0315. The number of ether oxygens (including phenoxy) is 1. The summed E-state index contributed by atoms with van der Waals surface area (Å²) in [7, 11) is 0. The average molecular weight is 250 g/mol. The number of hydrogen-bond acceptors (Lipinski definition) is 4. The molecule has 18 heavy (non-hydrogen) atoms. The molecule has 1 unspecified atom stereocenters. The van der Waals surface area contributed by atoms with Crippen LogP contribution in [-0.2, 0) is 4.74 Å². The Morgan fingerprint density at radius 3 is 3.06 bits per heavy atom.